The first-order valence-corrected chi connectivity index (χ1v) is 9.02. The van der Waals surface area contributed by atoms with Gasteiger partial charge in [-0.2, -0.15) is 4.31 Å². The Morgan fingerprint density at radius 3 is 2.52 bits per heavy atom. The summed E-state index contributed by atoms with van der Waals surface area (Å²) in [6.07, 6.45) is 2.78. The van der Waals surface area contributed by atoms with E-state index in [9.17, 15) is 13.5 Å². The van der Waals surface area contributed by atoms with E-state index in [1.807, 2.05) is 6.92 Å². The maximum atomic E-state index is 13.0. The Hall–Kier alpha value is -0.910. The lowest BCUT2D eigenvalue weighted by Gasteiger charge is -2.24. The van der Waals surface area contributed by atoms with Gasteiger partial charge >= 0.3 is 0 Å². The molecule has 1 saturated carbocycles. The van der Waals surface area contributed by atoms with E-state index < -0.39 is 10.0 Å². The Labute approximate surface area is 127 Å². The van der Waals surface area contributed by atoms with E-state index in [1.165, 1.54) is 0 Å². The average Bonchev–Trinajstić information content (AvgIpc) is 3.23. The maximum absolute atomic E-state index is 13.0. The second kappa shape index (κ2) is 6.46. The van der Waals surface area contributed by atoms with Crippen LogP contribution in [0.25, 0.3) is 0 Å². The number of hydrogen-bond donors (Lipinski definition) is 1. The van der Waals surface area contributed by atoms with E-state index in [-0.39, 0.29) is 12.6 Å². The molecule has 4 nitrogen and oxygen atoms in total. The van der Waals surface area contributed by atoms with Gasteiger partial charge in [0.05, 0.1) is 11.5 Å². The normalized spacial score (nSPS) is 15.9. The van der Waals surface area contributed by atoms with Crippen molar-refractivity contribution in [3.8, 4) is 0 Å². The maximum Gasteiger partial charge on any atom is 0.243 e. The highest BCUT2D eigenvalue weighted by Gasteiger charge is 2.38. The molecule has 0 saturated heterocycles. The number of aliphatic hydroxyl groups excluding tert-OH is 1. The van der Waals surface area contributed by atoms with Crippen LogP contribution in [-0.4, -0.2) is 30.4 Å². The summed E-state index contributed by atoms with van der Waals surface area (Å²) in [5.41, 5.74) is 1.38. The Morgan fingerprint density at radius 2 is 2.00 bits per heavy atom. The lowest BCUT2D eigenvalue weighted by molar-refractivity contribution is 0.281. The van der Waals surface area contributed by atoms with Crippen molar-refractivity contribution in [1.82, 2.24) is 4.31 Å². The molecule has 0 spiro atoms. The quantitative estimate of drug-likeness (QED) is 0.842. The highest BCUT2D eigenvalue weighted by molar-refractivity contribution is 7.89. The van der Waals surface area contributed by atoms with Crippen molar-refractivity contribution in [3.05, 3.63) is 29.3 Å². The monoisotopic (exact) mass is 311 g/mol. The van der Waals surface area contributed by atoms with Crippen molar-refractivity contribution >= 4 is 10.0 Å². The van der Waals surface area contributed by atoms with Crippen molar-refractivity contribution in [2.75, 3.05) is 6.54 Å². The van der Waals surface area contributed by atoms with Gasteiger partial charge in [0, 0.05) is 12.6 Å². The van der Waals surface area contributed by atoms with Crippen LogP contribution in [0, 0.1) is 12.8 Å². The molecule has 0 aliphatic heterocycles. The van der Waals surface area contributed by atoms with E-state index in [0.29, 0.717) is 22.9 Å². The number of aryl methyl sites for hydroxylation is 1. The summed E-state index contributed by atoms with van der Waals surface area (Å²) in [4.78, 5) is 0.338. The summed E-state index contributed by atoms with van der Waals surface area (Å²) >= 11 is 0. The largest absolute Gasteiger partial charge is 0.392 e. The molecule has 1 aliphatic rings. The summed E-state index contributed by atoms with van der Waals surface area (Å²) in [6.45, 7) is 6.46. The van der Waals surface area contributed by atoms with Crippen LogP contribution in [0.5, 0.6) is 0 Å². The fraction of sp³-hybridized carbons (Fsp3) is 0.625. The van der Waals surface area contributed by atoms with Gasteiger partial charge in [-0.05, 0) is 49.3 Å². The highest BCUT2D eigenvalue weighted by atomic mass is 32.2. The first kappa shape index (κ1) is 16.5. The van der Waals surface area contributed by atoms with Crippen molar-refractivity contribution < 1.29 is 13.5 Å². The molecule has 1 aromatic carbocycles. The van der Waals surface area contributed by atoms with Gasteiger partial charge in [0.25, 0.3) is 0 Å². The lowest BCUT2D eigenvalue weighted by Crippen LogP contribution is -2.35. The topological polar surface area (TPSA) is 57.6 Å². The van der Waals surface area contributed by atoms with Crippen LogP contribution in [0.15, 0.2) is 23.1 Å². The minimum Gasteiger partial charge on any atom is -0.392 e. The Kier molecular flexibility index (Phi) is 5.07. The number of benzene rings is 1. The summed E-state index contributed by atoms with van der Waals surface area (Å²) in [5, 5.41) is 9.25. The zero-order valence-corrected chi connectivity index (χ0v) is 13.9. The van der Waals surface area contributed by atoms with Crippen LogP contribution >= 0.6 is 0 Å². The third kappa shape index (κ3) is 3.84. The third-order valence-electron chi connectivity index (χ3n) is 3.90. The molecule has 1 aromatic rings. The van der Waals surface area contributed by atoms with E-state index in [4.69, 9.17) is 0 Å². The molecule has 0 bridgehead atoms. The molecule has 0 aromatic heterocycles. The molecular weight excluding hydrogens is 286 g/mol. The van der Waals surface area contributed by atoms with Crippen LogP contribution in [0.2, 0.25) is 0 Å². The highest BCUT2D eigenvalue weighted by Crippen LogP contribution is 2.33. The van der Waals surface area contributed by atoms with Crippen molar-refractivity contribution in [2.24, 2.45) is 5.92 Å². The van der Waals surface area contributed by atoms with Gasteiger partial charge in [-0.3, -0.25) is 0 Å². The average molecular weight is 311 g/mol. The van der Waals surface area contributed by atoms with Gasteiger partial charge in [0.1, 0.15) is 0 Å². The van der Waals surface area contributed by atoms with Crippen LogP contribution in [0.4, 0.5) is 0 Å². The molecule has 2 rings (SSSR count). The molecule has 0 unspecified atom stereocenters. The molecule has 0 atom stereocenters. The Bertz CT molecular complexity index is 592. The van der Waals surface area contributed by atoms with Crippen LogP contribution in [-0.2, 0) is 16.6 Å². The molecule has 0 amide bonds. The van der Waals surface area contributed by atoms with Gasteiger partial charge in [-0.15, -0.1) is 0 Å². The van der Waals surface area contributed by atoms with Crippen molar-refractivity contribution in [2.45, 2.75) is 57.6 Å². The molecule has 21 heavy (non-hydrogen) atoms. The SMILES string of the molecule is Cc1ccc(CO)cc1S(=O)(=O)N(CCC(C)C)C1CC1. The van der Waals surface area contributed by atoms with Crippen molar-refractivity contribution in [1.29, 1.82) is 0 Å². The number of rotatable bonds is 7. The number of aliphatic hydroxyl groups is 1. The number of nitrogens with zero attached hydrogens (tertiary/aromatic N) is 1. The number of sulfonamides is 1. The first-order chi connectivity index (χ1) is 9.86. The molecule has 118 valence electrons. The predicted octanol–water partition coefficient (Wildman–Crippen LogP) is 2.69. The van der Waals surface area contributed by atoms with Gasteiger partial charge in [-0.25, -0.2) is 8.42 Å². The minimum absolute atomic E-state index is 0.141. The van der Waals surface area contributed by atoms with E-state index >= 15 is 0 Å². The van der Waals surface area contributed by atoms with Crippen molar-refractivity contribution in [3.63, 3.8) is 0 Å². The molecule has 1 N–H and O–H groups in total. The fourth-order valence-corrected chi connectivity index (χ4v) is 4.37. The second-order valence-electron chi connectivity index (χ2n) is 6.29. The summed E-state index contributed by atoms with van der Waals surface area (Å²) < 4.78 is 27.6. The summed E-state index contributed by atoms with van der Waals surface area (Å²) in [5.74, 6) is 0.478. The molecule has 1 fully saturated rings. The molecular formula is C16H25NO3S. The number of hydrogen-bond acceptors (Lipinski definition) is 3. The standard InChI is InChI=1S/C16H25NO3S/c1-12(2)8-9-17(15-6-7-15)21(19,20)16-10-14(11-18)5-4-13(16)3/h4-5,10,12,15,18H,6-9,11H2,1-3H3. The van der Waals surface area contributed by atoms with E-state index in [2.05, 4.69) is 13.8 Å². The van der Waals surface area contributed by atoms with Crippen LogP contribution in [0.1, 0.15) is 44.2 Å². The van der Waals surface area contributed by atoms with E-state index in [1.54, 1.807) is 22.5 Å². The molecule has 1 aliphatic carbocycles. The summed E-state index contributed by atoms with van der Waals surface area (Å²) in [7, 11) is -3.47. The Morgan fingerprint density at radius 1 is 1.33 bits per heavy atom. The smallest absolute Gasteiger partial charge is 0.243 e. The van der Waals surface area contributed by atoms with E-state index in [0.717, 1.165) is 24.8 Å². The third-order valence-corrected chi connectivity index (χ3v) is 6.00. The minimum atomic E-state index is -3.47. The first-order valence-electron chi connectivity index (χ1n) is 7.58. The Balaban J connectivity index is 2.34. The van der Waals surface area contributed by atoms with Gasteiger partial charge in [0.2, 0.25) is 10.0 Å². The van der Waals surface area contributed by atoms with Crippen LogP contribution < -0.4 is 0 Å². The fourth-order valence-electron chi connectivity index (χ4n) is 2.39. The molecule has 0 heterocycles. The zero-order chi connectivity index (χ0) is 15.6. The molecule has 0 radical (unpaired) electrons. The van der Waals surface area contributed by atoms with Gasteiger partial charge < -0.3 is 5.11 Å². The zero-order valence-electron chi connectivity index (χ0n) is 13.0. The van der Waals surface area contributed by atoms with Gasteiger partial charge in [-0.1, -0.05) is 26.0 Å². The van der Waals surface area contributed by atoms with Crippen LogP contribution in [0.3, 0.4) is 0 Å². The predicted molar refractivity (Wildman–Crippen MR) is 83.5 cm³/mol. The molecule has 5 heteroatoms. The summed E-state index contributed by atoms with van der Waals surface area (Å²) in [6, 6.07) is 5.30. The van der Waals surface area contributed by atoms with Gasteiger partial charge in [0.15, 0.2) is 0 Å². The lowest BCUT2D eigenvalue weighted by atomic mass is 10.1. The second-order valence-corrected chi connectivity index (χ2v) is 8.15.